The molecule has 13 N–H and O–H groups in total. The van der Waals surface area contributed by atoms with Crippen LogP contribution in [-0.2, 0) is 41.4 Å². The van der Waals surface area contributed by atoms with Gasteiger partial charge in [0.15, 0.2) is 53.1 Å². The van der Waals surface area contributed by atoms with Crippen LogP contribution in [0.3, 0.4) is 0 Å². The topological polar surface area (TPSA) is 435 Å². The Bertz CT molecular complexity index is 2750. The Morgan fingerprint density at radius 1 is 0.619 bits per heavy atom. The van der Waals surface area contributed by atoms with Crippen molar-refractivity contribution >= 4 is 66.6 Å². The molecule has 0 amide bonds. The minimum Gasteiger partial charge on any atom is -0.394 e. The van der Waals surface area contributed by atoms with Crippen LogP contribution in [0.15, 0.2) is 38.0 Å². The van der Waals surface area contributed by atoms with E-state index in [-0.39, 0.29) is 50.9 Å². The van der Waals surface area contributed by atoms with Crippen molar-refractivity contribution in [2.45, 2.75) is 73.6 Å². The van der Waals surface area contributed by atoms with Gasteiger partial charge in [0.05, 0.1) is 44.8 Å². The number of anilines is 3. The number of hydrogen-bond donors (Lipinski definition) is 9. The van der Waals surface area contributed by atoms with E-state index in [1.54, 1.807) is 0 Å². The maximum Gasteiger partial charge on any atom is 0.472 e. The predicted octanol–water partition coefficient (Wildman–Crippen LogP) is -2.67. The fraction of sp³-hybridized carbons (Fsp3) is 0.500. The Morgan fingerprint density at radius 2 is 1.00 bits per heavy atom. The lowest BCUT2D eigenvalue weighted by molar-refractivity contribution is -0.0628. The first-order valence-corrected chi connectivity index (χ1v) is 21.5. The number of nitrogens with zero attached hydrogens (tertiary/aromatic N) is 12. The van der Waals surface area contributed by atoms with Crippen LogP contribution >= 0.6 is 15.6 Å². The maximum atomic E-state index is 15.5. The lowest BCUT2D eigenvalue weighted by Crippen LogP contribution is -2.37. The van der Waals surface area contributed by atoms with Crippen LogP contribution in [0.4, 0.5) is 21.8 Å². The van der Waals surface area contributed by atoms with Gasteiger partial charge in [-0.05, 0) is 0 Å². The van der Waals surface area contributed by atoms with Gasteiger partial charge < -0.3 is 62.3 Å². The van der Waals surface area contributed by atoms with E-state index in [9.17, 15) is 34.2 Å². The number of ether oxygens (including phenoxy) is 3. The summed E-state index contributed by atoms with van der Waals surface area (Å²) < 4.78 is 85.0. The monoisotopic (exact) mass is 926 g/mol. The highest BCUT2D eigenvalue weighted by Gasteiger charge is 2.53. The minimum atomic E-state index is -5.31. The molecule has 6 aromatic heterocycles. The Kier molecular flexibility index (Phi) is 11.3. The van der Waals surface area contributed by atoms with Crippen LogP contribution in [0.2, 0.25) is 0 Å². The summed E-state index contributed by atoms with van der Waals surface area (Å²) >= 11 is 0. The average Bonchev–Trinajstić information content (AvgIpc) is 4.11. The second-order valence-corrected chi connectivity index (χ2v) is 17.1. The molecule has 63 heavy (non-hydrogen) atoms. The minimum absolute atomic E-state index is 0.00140. The summed E-state index contributed by atoms with van der Waals surface area (Å²) in [5, 5.41) is 32.3. The van der Waals surface area contributed by atoms with Gasteiger partial charge in [-0.2, -0.15) is 0 Å². The summed E-state index contributed by atoms with van der Waals surface area (Å²) in [4.78, 5) is 58.2. The number of halogens is 1. The predicted molar refractivity (Wildman–Crippen MR) is 204 cm³/mol. The molecule has 0 radical (unpaired) electrons. The molecule has 30 nitrogen and oxygen atoms in total. The third-order valence-electron chi connectivity index (χ3n) is 10.5. The summed E-state index contributed by atoms with van der Waals surface area (Å²) in [6, 6.07) is -1.33. The van der Waals surface area contributed by atoms with Gasteiger partial charge in [-0.1, -0.05) is 0 Å². The first-order chi connectivity index (χ1) is 30.1. The van der Waals surface area contributed by atoms with E-state index >= 15 is 4.39 Å². The summed E-state index contributed by atoms with van der Waals surface area (Å²) in [6.07, 6.45) is -10.9. The zero-order valence-electron chi connectivity index (χ0n) is 31.9. The fourth-order valence-electron chi connectivity index (χ4n) is 7.40. The van der Waals surface area contributed by atoms with Crippen molar-refractivity contribution in [2.24, 2.45) is 5.73 Å². The quantitative estimate of drug-likeness (QED) is 0.0503. The van der Waals surface area contributed by atoms with Gasteiger partial charge in [-0.25, -0.2) is 58.4 Å². The normalized spacial score (nSPS) is 31.9. The number of imidazole rings is 3. The lowest BCUT2D eigenvalue weighted by atomic mass is 10.1. The number of hydrogen-bond acceptors (Lipinski definition) is 25. The third kappa shape index (κ3) is 7.85. The van der Waals surface area contributed by atoms with Gasteiger partial charge in [0, 0.05) is 0 Å². The van der Waals surface area contributed by atoms with Gasteiger partial charge >= 0.3 is 15.6 Å². The van der Waals surface area contributed by atoms with Crippen LogP contribution in [0.5, 0.6) is 0 Å². The Balaban J connectivity index is 0.913. The second kappa shape index (κ2) is 16.5. The first-order valence-electron chi connectivity index (χ1n) is 18.5. The van der Waals surface area contributed by atoms with E-state index in [4.69, 9.17) is 55.2 Å². The van der Waals surface area contributed by atoms with E-state index < -0.39 is 109 Å². The molecular weight excluding hydrogens is 889 g/mol. The molecule has 0 aliphatic carbocycles. The molecule has 2 unspecified atom stereocenters. The largest absolute Gasteiger partial charge is 0.472 e. The molecule has 14 atom stereocenters. The Hall–Kier alpha value is -5.08. The molecule has 3 aliphatic heterocycles. The van der Waals surface area contributed by atoms with Crippen molar-refractivity contribution in [3.8, 4) is 0 Å². The number of phosphoric acid groups is 2. The molecule has 0 bridgehead atoms. The van der Waals surface area contributed by atoms with E-state index in [2.05, 4.69) is 44.9 Å². The average molecular weight is 927 g/mol. The summed E-state index contributed by atoms with van der Waals surface area (Å²) in [5.41, 5.74) is 24.5. The van der Waals surface area contributed by atoms with E-state index in [0.29, 0.717) is 0 Å². The first kappa shape index (κ1) is 43.2. The molecule has 3 saturated heterocycles. The van der Waals surface area contributed by atoms with Gasteiger partial charge in [0.1, 0.15) is 84.4 Å². The molecule has 0 saturated carbocycles. The van der Waals surface area contributed by atoms with Crippen molar-refractivity contribution in [3.63, 3.8) is 0 Å². The molecule has 338 valence electrons. The number of fused-ring (bicyclic) bond motifs is 3. The number of phosphoric ester groups is 2. The molecular formula is C30H37FN16O14P2. The number of rotatable bonds is 14. The van der Waals surface area contributed by atoms with E-state index in [0.717, 1.165) is 25.3 Å². The zero-order chi connectivity index (χ0) is 44.5. The molecule has 33 heteroatoms. The SMILES string of the molecule is Nc1ncnc2c1ncn2[C@@H]1O[C@H](COP(=O)(O)O[C@@H]2[C@H](O)[C@@H](COP(=O)(O)O[C@@H]3[C@H](O)[C@@H](CO)O[C@H]3n3cnc4c(N)ncnc43)O[C@H]2n2cnc3c(N)ncnc32)[C@@H](F)[C@H]1N. The summed E-state index contributed by atoms with van der Waals surface area (Å²) in [5.74, 6) is -0.00474. The number of aliphatic hydroxyl groups is 3. The van der Waals surface area contributed by atoms with Gasteiger partial charge in [-0.15, -0.1) is 0 Å². The van der Waals surface area contributed by atoms with Crippen molar-refractivity contribution in [3.05, 3.63) is 38.0 Å². The number of nitrogen functional groups attached to an aromatic ring is 3. The molecule has 3 fully saturated rings. The number of aliphatic hydroxyl groups excluding tert-OH is 3. The smallest absolute Gasteiger partial charge is 0.394 e. The van der Waals surface area contributed by atoms with Crippen molar-refractivity contribution in [2.75, 3.05) is 37.0 Å². The number of alkyl halides is 1. The molecule has 9 rings (SSSR count). The molecule has 0 spiro atoms. The van der Waals surface area contributed by atoms with E-state index in [1.807, 2.05) is 0 Å². The number of nitrogens with two attached hydrogens (primary N) is 4. The van der Waals surface area contributed by atoms with Crippen molar-refractivity contribution in [1.82, 2.24) is 58.6 Å². The Morgan fingerprint density at radius 3 is 1.44 bits per heavy atom. The zero-order valence-corrected chi connectivity index (χ0v) is 33.7. The lowest BCUT2D eigenvalue weighted by Gasteiger charge is -2.25. The molecule has 9 heterocycles. The van der Waals surface area contributed by atoms with Gasteiger partial charge in [-0.3, -0.25) is 31.8 Å². The fourth-order valence-corrected chi connectivity index (χ4v) is 9.27. The highest BCUT2D eigenvalue weighted by atomic mass is 31.2. The standard InChI is InChI=1S/C30H37FN16O14P2/c31-13-11(58-28(14(13)32)45-7-42-15-22(33)36-4-39-25(15)45)2-55-62(51,52)61-21-19(50)12(59-30(21)47-9-44-17-24(35)38-6-41-27(17)47)3-56-63(53,54)60-20-18(49)10(1-48)57-29(20)46-8-43-16-23(34)37-5-40-26(16)46/h4-14,18-21,28-30,48-50H,1-3,32H2,(H,51,52)(H,53,54)(H2,33,36,39)(H2,34,37,40)(H2,35,38,41)/t10-,11-,12-,13-,14-,18-,19-,20-,21-,28-,29-,30-/m1/s1. The van der Waals surface area contributed by atoms with Crippen molar-refractivity contribution < 1.29 is 70.9 Å². The molecule has 3 aliphatic rings. The van der Waals surface area contributed by atoms with Crippen LogP contribution in [0.25, 0.3) is 33.5 Å². The highest BCUT2D eigenvalue weighted by molar-refractivity contribution is 7.47. The molecule has 0 aromatic carbocycles. The maximum absolute atomic E-state index is 15.5. The van der Waals surface area contributed by atoms with Gasteiger partial charge in [0.25, 0.3) is 0 Å². The van der Waals surface area contributed by atoms with Gasteiger partial charge in [0.2, 0.25) is 0 Å². The number of aromatic nitrogens is 12. The summed E-state index contributed by atoms with van der Waals surface area (Å²) in [7, 11) is -10.6. The Labute approximate surface area is 350 Å². The van der Waals surface area contributed by atoms with E-state index in [1.165, 1.54) is 26.4 Å². The highest BCUT2D eigenvalue weighted by Crippen LogP contribution is 2.53. The van der Waals surface area contributed by atoms with Crippen LogP contribution in [0, 0.1) is 0 Å². The summed E-state index contributed by atoms with van der Waals surface area (Å²) in [6.45, 7) is -2.58. The van der Waals surface area contributed by atoms with Crippen LogP contribution in [-0.4, -0.2) is 158 Å². The van der Waals surface area contributed by atoms with Crippen LogP contribution in [0.1, 0.15) is 18.7 Å². The van der Waals surface area contributed by atoms with Crippen LogP contribution < -0.4 is 22.9 Å². The second-order valence-electron chi connectivity index (χ2n) is 14.3. The molecule has 6 aromatic rings. The third-order valence-corrected chi connectivity index (χ3v) is 12.4. The van der Waals surface area contributed by atoms with Crippen molar-refractivity contribution in [1.29, 1.82) is 0 Å².